The Labute approximate surface area is 121 Å². The molecule has 1 saturated heterocycles. The van der Waals surface area contributed by atoms with Crippen molar-refractivity contribution in [2.45, 2.75) is 30.6 Å². The summed E-state index contributed by atoms with van der Waals surface area (Å²) in [5, 5.41) is 1.66. The molecule has 1 aromatic carbocycles. The molecule has 0 amide bonds. The van der Waals surface area contributed by atoms with Crippen LogP contribution in [0.3, 0.4) is 0 Å². The number of nitrogens with one attached hydrogen (secondary N) is 1. The second-order valence-corrected chi connectivity index (χ2v) is 7.21. The predicted molar refractivity (Wildman–Crippen MR) is 81.4 cm³/mol. The largest absolute Gasteiger partial charge is 0.458 e. The van der Waals surface area contributed by atoms with Crippen molar-refractivity contribution in [1.29, 1.82) is 0 Å². The van der Waals surface area contributed by atoms with Gasteiger partial charge in [0.15, 0.2) is 5.58 Å². The number of halogens is 1. The molecule has 0 aliphatic carbocycles. The van der Waals surface area contributed by atoms with Crippen LogP contribution in [0.5, 0.6) is 0 Å². The van der Waals surface area contributed by atoms with E-state index in [4.69, 9.17) is 21.9 Å². The van der Waals surface area contributed by atoms with E-state index in [1.54, 1.807) is 0 Å². The topological polar surface area (TPSA) is 51.2 Å². The van der Waals surface area contributed by atoms with Gasteiger partial charge in [-0.25, -0.2) is 5.43 Å². The fraction of sp³-hybridized carbons (Fsp3) is 0.429. The molecule has 1 fully saturated rings. The molecule has 2 heterocycles. The summed E-state index contributed by atoms with van der Waals surface area (Å²) in [6.45, 7) is 2.24. The summed E-state index contributed by atoms with van der Waals surface area (Å²) in [5.41, 5.74) is 3.67. The average molecular weight is 297 g/mol. The highest BCUT2D eigenvalue weighted by Crippen LogP contribution is 2.47. The van der Waals surface area contributed by atoms with E-state index in [1.807, 2.05) is 36.0 Å². The minimum absolute atomic E-state index is 0.00321. The number of benzene rings is 1. The van der Waals surface area contributed by atoms with E-state index in [1.165, 1.54) is 12.2 Å². The van der Waals surface area contributed by atoms with Crippen molar-refractivity contribution in [1.82, 2.24) is 5.43 Å². The van der Waals surface area contributed by atoms with Gasteiger partial charge in [-0.05, 0) is 37.7 Å². The van der Waals surface area contributed by atoms with Gasteiger partial charge in [0.25, 0.3) is 0 Å². The van der Waals surface area contributed by atoms with Gasteiger partial charge < -0.3 is 4.42 Å². The molecular formula is C14H17ClN2OS. The molecule has 5 heteroatoms. The summed E-state index contributed by atoms with van der Waals surface area (Å²) in [7, 11) is 0. The zero-order chi connectivity index (χ0) is 13.5. The molecule has 0 spiro atoms. The molecule has 0 bridgehead atoms. The second kappa shape index (κ2) is 5.02. The number of fused-ring (bicyclic) bond motifs is 1. The van der Waals surface area contributed by atoms with Crippen LogP contribution in [-0.4, -0.2) is 10.5 Å². The second-order valence-electron chi connectivity index (χ2n) is 5.17. The van der Waals surface area contributed by atoms with Crippen molar-refractivity contribution in [3.63, 3.8) is 0 Å². The molecule has 2 unspecified atom stereocenters. The lowest BCUT2D eigenvalue weighted by molar-refractivity contribution is 0.359. The number of nitrogens with two attached hydrogens (primary N) is 1. The van der Waals surface area contributed by atoms with Crippen LogP contribution >= 0.6 is 23.4 Å². The van der Waals surface area contributed by atoms with Crippen molar-refractivity contribution in [2.24, 2.45) is 5.84 Å². The first-order valence-corrected chi connectivity index (χ1v) is 7.78. The number of hydrogen-bond acceptors (Lipinski definition) is 4. The first kappa shape index (κ1) is 13.3. The molecule has 1 aromatic heterocycles. The van der Waals surface area contributed by atoms with Gasteiger partial charge in [0.1, 0.15) is 5.76 Å². The third kappa shape index (κ3) is 2.27. The molecule has 1 aliphatic rings. The zero-order valence-corrected chi connectivity index (χ0v) is 12.4. The third-order valence-electron chi connectivity index (χ3n) is 3.83. The molecule has 2 atom stereocenters. The SMILES string of the molecule is CC1(C(NN)c2cc3cccc(Cl)c3o2)CCCS1. The Hall–Kier alpha value is -0.680. The van der Waals surface area contributed by atoms with E-state index in [9.17, 15) is 0 Å². The highest BCUT2D eigenvalue weighted by Gasteiger charge is 2.40. The van der Waals surface area contributed by atoms with Crippen LogP contribution in [0.2, 0.25) is 5.02 Å². The molecule has 3 nitrogen and oxygen atoms in total. The molecule has 0 radical (unpaired) electrons. The molecule has 102 valence electrons. The Morgan fingerprint density at radius 3 is 3.00 bits per heavy atom. The van der Waals surface area contributed by atoms with Crippen LogP contribution in [0.1, 0.15) is 31.6 Å². The number of furan rings is 1. The standard InChI is InChI=1S/C14H17ClN2OS/c1-14(6-3-7-19-14)13(17-16)11-8-9-4-2-5-10(15)12(9)18-11/h2,4-5,8,13,17H,3,6-7,16H2,1H3. The fourth-order valence-electron chi connectivity index (χ4n) is 2.78. The van der Waals surface area contributed by atoms with Gasteiger partial charge in [-0.2, -0.15) is 11.8 Å². The van der Waals surface area contributed by atoms with E-state index < -0.39 is 0 Å². The fourth-order valence-corrected chi connectivity index (χ4v) is 4.39. The summed E-state index contributed by atoms with van der Waals surface area (Å²) in [5.74, 6) is 7.81. The molecule has 2 aromatic rings. The van der Waals surface area contributed by atoms with Crippen LogP contribution in [0, 0.1) is 0 Å². The average Bonchev–Trinajstić information content (AvgIpc) is 2.98. The number of para-hydroxylation sites is 1. The maximum Gasteiger partial charge on any atom is 0.152 e. The van der Waals surface area contributed by atoms with Crippen LogP contribution in [0.4, 0.5) is 0 Å². The maximum atomic E-state index is 6.16. The van der Waals surface area contributed by atoms with Crippen molar-refractivity contribution in [2.75, 3.05) is 5.75 Å². The van der Waals surface area contributed by atoms with Crippen LogP contribution in [-0.2, 0) is 0 Å². The summed E-state index contributed by atoms with van der Waals surface area (Å²) in [6, 6.07) is 7.82. The normalized spacial score (nSPS) is 25.0. The predicted octanol–water partition coefficient (Wildman–Crippen LogP) is 3.88. The van der Waals surface area contributed by atoms with Crippen LogP contribution in [0.15, 0.2) is 28.7 Å². The van der Waals surface area contributed by atoms with Crippen molar-refractivity contribution in [3.8, 4) is 0 Å². The Balaban J connectivity index is 2.04. The van der Waals surface area contributed by atoms with Gasteiger partial charge in [-0.1, -0.05) is 23.7 Å². The minimum Gasteiger partial charge on any atom is -0.458 e. The highest BCUT2D eigenvalue weighted by molar-refractivity contribution is 8.00. The van der Waals surface area contributed by atoms with Gasteiger partial charge >= 0.3 is 0 Å². The zero-order valence-electron chi connectivity index (χ0n) is 10.8. The number of hydrazine groups is 1. The van der Waals surface area contributed by atoms with E-state index >= 15 is 0 Å². The molecule has 3 N–H and O–H groups in total. The molecule has 0 saturated carbocycles. The van der Waals surface area contributed by atoms with E-state index in [2.05, 4.69) is 12.3 Å². The van der Waals surface area contributed by atoms with Crippen molar-refractivity contribution >= 4 is 34.3 Å². The van der Waals surface area contributed by atoms with Gasteiger partial charge in [0, 0.05) is 10.1 Å². The number of rotatable bonds is 3. The molecule has 1 aliphatic heterocycles. The Kier molecular flexibility index (Phi) is 3.52. The van der Waals surface area contributed by atoms with Gasteiger partial charge in [0.2, 0.25) is 0 Å². The Morgan fingerprint density at radius 2 is 2.37 bits per heavy atom. The Morgan fingerprint density at radius 1 is 1.53 bits per heavy atom. The van der Waals surface area contributed by atoms with Gasteiger partial charge in [0.05, 0.1) is 11.1 Å². The number of hydrogen-bond donors (Lipinski definition) is 2. The Bertz CT molecular complexity index is 592. The lowest BCUT2D eigenvalue weighted by Gasteiger charge is -2.31. The smallest absolute Gasteiger partial charge is 0.152 e. The summed E-state index contributed by atoms with van der Waals surface area (Å²) >= 11 is 8.11. The van der Waals surface area contributed by atoms with Crippen LogP contribution in [0.25, 0.3) is 11.0 Å². The molecular weight excluding hydrogens is 280 g/mol. The van der Waals surface area contributed by atoms with Crippen molar-refractivity contribution in [3.05, 3.63) is 35.0 Å². The summed E-state index contributed by atoms with van der Waals surface area (Å²) < 4.78 is 6.02. The maximum absolute atomic E-state index is 6.16. The van der Waals surface area contributed by atoms with E-state index in [0.717, 1.165) is 23.2 Å². The van der Waals surface area contributed by atoms with Gasteiger partial charge in [-0.3, -0.25) is 5.84 Å². The van der Waals surface area contributed by atoms with E-state index in [-0.39, 0.29) is 10.8 Å². The monoisotopic (exact) mass is 296 g/mol. The first-order chi connectivity index (χ1) is 9.14. The lowest BCUT2D eigenvalue weighted by atomic mass is 9.94. The van der Waals surface area contributed by atoms with Crippen molar-refractivity contribution < 1.29 is 4.42 Å². The summed E-state index contributed by atoms with van der Waals surface area (Å²) in [6.07, 6.45) is 2.36. The lowest BCUT2D eigenvalue weighted by Crippen LogP contribution is -2.41. The third-order valence-corrected chi connectivity index (χ3v) is 5.72. The number of thioether (sulfide) groups is 1. The quantitative estimate of drug-likeness (QED) is 0.667. The highest BCUT2D eigenvalue weighted by atomic mass is 35.5. The minimum atomic E-state index is 0.00321. The van der Waals surface area contributed by atoms with E-state index in [0.29, 0.717) is 5.02 Å². The van der Waals surface area contributed by atoms with Crippen LogP contribution < -0.4 is 11.3 Å². The first-order valence-electron chi connectivity index (χ1n) is 6.42. The molecule has 19 heavy (non-hydrogen) atoms. The molecule has 3 rings (SSSR count). The van der Waals surface area contributed by atoms with Gasteiger partial charge in [-0.15, -0.1) is 0 Å². The summed E-state index contributed by atoms with van der Waals surface area (Å²) in [4.78, 5) is 0.